The fourth-order valence-electron chi connectivity index (χ4n) is 3.73. The molecular formula is C28H27Br2N3O3. The van der Waals surface area contributed by atoms with Gasteiger partial charge in [0.15, 0.2) is 11.5 Å². The molecule has 0 N–H and O–H groups in total. The molecule has 186 valence electrons. The maximum Gasteiger partial charge on any atom is 0.282 e. The Morgan fingerprint density at radius 1 is 1.03 bits per heavy atom. The Balaban J connectivity index is 1.68. The lowest BCUT2D eigenvalue weighted by molar-refractivity contribution is 0.267. The molecule has 8 heteroatoms. The second kappa shape index (κ2) is 11.8. The molecule has 0 aliphatic carbocycles. The lowest BCUT2D eigenvalue weighted by Crippen LogP contribution is -2.22. The highest BCUT2D eigenvalue weighted by Crippen LogP contribution is 2.37. The van der Waals surface area contributed by atoms with Gasteiger partial charge in [0.2, 0.25) is 0 Å². The lowest BCUT2D eigenvalue weighted by Gasteiger charge is -2.15. The summed E-state index contributed by atoms with van der Waals surface area (Å²) in [5.74, 6) is 1.84. The van der Waals surface area contributed by atoms with Crippen LogP contribution in [0.5, 0.6) is 11.5 Å². The van der Waals surface area contributed by atoms with Crippen molar-refractivity contribution in [2.75, 3.05) is 6.61 Å². The highest BCUT2D eigenvalue weighted by molar-refractivity contribution is 9.10. The molecule has 36 heavy (non-hydrogen) atoms. The number of aromatic nitrogens is 2. The molecule has 0 atom stereocenters. The summed E-state index contributed by atoms with van der Waals surface area (Å²) in [6.45, 7) is 6.93. The molecule has 4 rings (SSSR count). The molecule has 0 saturated carbocycles. The van der Waals surface area contributed by atoms with Crippen molar-refractivity contribution in [1.29, 1.82) is 0 Å². The Morgan fingerprint density at radius 3 is 2.53 bits per heavy atom. The first-order chi connectivity index (χ1) is 17.4. The van der Waals surface area contributed by atoms with E-state index in [4.69, 9.17) is 14.5 Å². The van der Waals surface area contributed by atoms with Crippen LogP contribution < -0.4 is 15.0 Å². The van der Waals surface area contributed by atoms with Crippen molar-refractivity contribution in [3.05, 3.63) is 96.4 Å². The third-order valence-corrected chi connectivity index (χ3v) is 6.59. The minimum atomic E-state index is -0.205. The average Bonchev–Trinajstić information content (AvgIpc) is 2.85. The largest absolute Gasteiger partial charge is 0.490 e. The molecule has 1 aromatic heterocycles. The Labute approximate surface area is 227 Å². The van der Waals surface area contributed by atoms with Crippen LogP contribution in [0.25, 0.3) is 10.9 Å². The van der Waals surface area contributed by atoms with Crippen molar-refractivity contribution in [3.8, 4) is 11.5 Å². The van der Waals surface area contributed by atoms with E-state index in [1.165, 1.54) is 10.2 Å². The molecular weight excluding hydrogens is 586 g/mol. The predicted molar refractivity (Wildman–Crippen MR) is 152 cm³/mol. The van der Waals surface area contributed by atoms with Gasteiger partial charge in [0.05, 0.1) is 28.2 Å². The van der Waals surface area contributed by atoms with Crippen LogP contribution in [0.3, 0.4) is 0 Å². The number of hydrogen-bond donors (Lipinski definition) is 0. The zero-order valence-electron chi connectivity index (χ0n) is 20.4. The van der Waals surface area contributed by atoms with Gasteiger partial charge >= 0.3 is 0 Å². The molecule has 0 unspecified atom stereocenters. The molecule has 0 radical (unpaired) electrons. The number of aryl methyl sites for hydroxylation is 2. The van der Waals surface area contributed by atoms with E-state index in [0.717, 1.165) is 26.5 Å². The summed E-state index contributed by atoms with van der Waals surface area (Å²) in [7, 11) is 0. The number of hydrogen-bond acceptors (Lipinski definition) is 5. The first kappa shape index (κ1) is 26.1. The quantitative estimate of drug-likeness (QED) is 0.190. The summed E-state index contributed by atoms with van der Waals surface area (Å²) in [4.78, 5) is 18.0. The number of halogens is 2. The van der Waals surface area contributed by atoms with E-state index in [1.54, 1.807) is 12.3 Å². The first-order valence-electron chi connectivity index (χ1n) is 11.8. The Bertz CT molecular complexity index is 1460. The summed E-state index contributed by atoms with van der Waals surface area (Å²) in [6.07, 6.45) is 3.12. The maximum atomic E-state index is 13.3. The minimum Gasteiger partial charge on any atom is -0.490 e. The van der Waals surface area contributed by atoms with E-state index in [9.17, 15) is 4.79 Å². The van der Waals surface area contributed by atoms with Gasteiger partial charge in [-0.3, -0.25) is 4.79 Å². The van der Waals surface area contributed by atoms with Crippen LogP contribution in [-0.4, -0.2) is 22.5 Å². The number of benzene rings is 3. The number of fused-ring (bicyclic) bond motifs is 1. The molecule has 1 heterocycles. The van der Waals surface area contributed by atoms with Gasteiger partial charge in [-0.25, -0.2) is 4.98 Å². The van der Waals surface area contributed by atoms with E-state index in [-0.39, 0.29) is 5.56 Å². The van der Waals surface area contributed by atoms with Crippen LogP contribution in [-0.2, 0) is 13.0 Å². The zero-order chi connectivity index (χ0) is 25.7. The molecule has 0 aliphatic rings. The molecule has 3 aromatic carbocycles. The van der Waals surface area contributed by atoms with Crippen molar-refractivity contribution in [2.24, 2.45) is 5.10 Å². The summed E-state index contributed by atoms with van der Waals surface area (Å²) in [5.41, 5.74) is 3.49. The van der Waals surface area contributed by atoms with Crippen molar-refractivity contribution in [2.45, 2.75) is 40.2 Å². The van der Waals surface area contributed by atoms with Crippen LogP contribution in [0.4, 0.5) is 0 Å². The fourth-order valence-corrected chi connectivity index (χ4v) is 4.66. The van der Waals surface area contributed by atoms with Crippen LogP contribution >= 0.6 is 31.9 Å². The summed E-state index contributed by atoms with van der Waals surface area (Å²) < 4.78 is 14.9. The SMILES string of the molecule is CCCc1nc2ccc(Br)cc2c(=O)n1N=Cc1cc(Br)c(OCc2ccc(C)cc2)c(OCC)c1. The van der Waals surface area contributed by atoms with Gasteiger partial charge in [0.25, 0.3) is 5.56 Å². The number of rotatable bonds is 9. The van der Waals surface area contributed by atoms with Gasteiger partial charge in [-0.1, -0.05) is 52.7 Å². The molecule has 0 bridgehead atoms. The highest BCUT2D eigenvalue weighted by atomic mass is 79.9. The Morgan fingerprint density at radius 2 is 1.81 bits per heavy atom. The van der Waals surface area contributed by atoms with Crippen LogP contribution in [0.2, 0.25) is 0 Å². The second-order valence-electron chi connectivity index (χ2n) is 8.34. The van der Waals surface area contributed by atoms with E-state index in [0.29, 0.717) is 47.9 Å². The van der Waals surface area contributed by atoms with E-state index >= 15 is 0 Å². The van der Waals surface area contributed by atoms with Crippen LogP contribution in [0.1, 0.15) is 42.8 Å². The van der Waals surface area contributed by atoms with Crippen LogP contribution in [0, 0.1) is 6.92 Å². The van der Waals surface area contributed by atoms with Gasteiger partial charge < -0.3 is 9.47 Å². The summed E-state index contributed by atoms with van der Waals surface area (Å²) in [6, 6.07) is 17.5. The molecule has 0 amide bonds. The maximum absolute atomic E-state index is 13.3. The van der Waals surface area contributed by atoms with Crippen molar-refractivity contribution >= 4 is 49.0 Å². The summed E-state index contributed by atoms with van der Waals surface area (Å²) >= 11 is 7.06. The lowest BCUT2D eigenvalue weighted by atomic mass is 10.1. The first-order valence-corrected chi connectivity index (χ1v) is 13.4. The Hall–Kier alpha value is -2.97. The van der Waals surface area contributed by atoms with Gasteiger partial charge in [-0.15, -0.1) is 0 Å². The monoisotopic (exact) mass is 611 g/mol. The van der Waals surface area contributed by atoms with Crippen LogP contribution in [0.15, 0.2) is 73.4 Å². The Kier molecular flexibility index (Phi) is 8.59. The van der Waals surface area contributed by atoms with E-state index < -0.39 is 0 Å². The summed E-state index contributed by atoms with van der Waals surface area (Å²) in [5, 5.41) is 5.04. The van der Waals surface area contributed by atoms with Crippen molar-refractivity contribution in [3.63, 3.8) is 0 Å². The van der Waals surface area contributed by atoms with Gasteiger partial charge in [-0.05, 0) is 77.7 Å². The highest BCUT2D eigenvalue weighted by Gasteiger charge is 2.14. The predicted octanol–water partition coefficient (Wildman–Crippen LogP) is 7.04. The molecule has 0 spiro atoms. The standard InChI is InChI=1S/C28H27Br2N3O3/c1-4-6-26-32-24-12-11-21(29)15-22(24)28(34)33(26)31-16-20-13-23(30)27(25(14-20)35-5-2)36-17-19-9-7-18(3)8-10-19/h7-16H,4-6,17H2,1-3H3. The minimum absolute atomic E-state index is 0.205. The molecule has 0 aliphatic heterocycles. The number of ether oxygens (including phenoxy) is 2. The van der Waals surface area contributed by atoms with Crippen molar-refractivity contribution < 1.29 is 9.47 Å². The zero-order valence-corrected chi connectivity index (χ0v) is 23.6. The third kappa shape index (κ3) is 6.05. The normalized spacial score (nSPS) is 11.4. The van der Waals surface area contributed by atoms with Gasteiger partial charge in [0, 0.05) is 10.9 Å². The molecule has 4 aromatic rings. The smallest absolute Gasteiger partial charge is 0.282 e. The van der Waals surface area contributed by atoms with Gasteiger partial charge in [0.1, 0.15) is 12.4 Å². The average molecular weight is 613 g/mol. The number of nitrogens with zero attached hydrogens (tertiary/aromatic N) is 3. The van der Waals surface area contributed by atoms with E-state index in [1.807, 2.05) is 50.2 Å². The van der Waals surface area contributed by atoms with Gasteiger partial charge in [-0.2, -0.15) is 9.78 Å². The fraction of sp³-hybridized carbons (Fsp3) is 0.250. The van der Waals surface area contributed by atoms with Crippen molar-refractivity contribution in [1.82, 2.24) is 9.66 Å². The third-order valence-electron chi connectivity index (χ3n) is 5.51. The second-order valence-corrected chi connectivity index (χ2v) is 10.1. The topological polar surface area (TPSA) is 65.7 Å². The molecule has 6 nitrogen and oxygen atoms in total. The molecule has 0 fully saturated rings. The molecule has 0 saturated heterocycles. The van der Waals surface area contributed by atoms with E-state index in [2.05, 4.69) is 56.0 Å².